The van der Waals surface area contributed by atoms with Crippen molar-refractivity contribution in [1.29, 1.82) is 10.5 Å². The Bertz CT molecular complexity index is 2020. The molecule has 0 atom stereocenters. The van der Waals surface area contributed by atoms with Crippen LogP contribution in [0.1, 0.15) is 46.0 Å². The summed E-state index contributed by atoms with van der Waals surface area (Å²) in [6.07, 6.45) is -3.03. The quantitative estimate of drug-likeness (QED) is 0.267. The Morgan fingerprint density at radius 1 is 1.02 bits per heavy atom. The normalized spacial score (nSPS) is 14.8. The average Bonchev–Trinajstić information content (AvgIpc) is 3.66. The van der Waals surface area contributed by atoms with E-state index < -0.39 is 17.6 Å². The van der Waals surface area contributed by atoms with Gasteiger partial charge in [-0.15, -0.1) is 10.2 Å². The first-order valence-electron chi connectivity index (χ1n) is 15.5. The summed E-state index contributed by atoms with van der Waals surface area (Å²) in [6.45, 7) is 3.50. The van der Waals surface area contributed by atoms with Gasteiger partial charge in [0.15, 0.2) is 5.82 Å². The molecule has 2 aromatic heterocycles. The minimum atomic E-state index is -4.72. The van der Waals surface area contributed by atoms with E-state index in [-0.39, 0.29) is 48.9 Å². The number of halogens is 3. The average molecular weight is 669 g/mol. The lowest BCUT2D eigenvalue weighted by Crippen LogP contribution is -2.47. The summed E-state index contributed by atoms with van der Waals surface area (Å²) < 4.78 is 45.3. The van der Waals surface area contributed by atoms with E-state index in [0.29, 0.717) is 65.6 Å². The number of hydrogen-bond acceptors (Lipinski definition) is 9. The van der Waals surface area contributed by atoms with Crippen LogP contribution >= 0.6 is 0 Å². The third-order valence-corrected chi connectivity index (χ3v) is 8.67. The zero-order valence-corrected chi connectivity index (χ0v) is 26.8. The molecule has 2 aromatic carbocycles. The molecule has 1 N–H and O–H groups in total. The van der Waals surface area contributed by atoms with Crippen LogP contribution < -0.4 is 10.2 Å². The first kappa shape index (κ1) is 33.1. The summed E-state index contributed by atoms with van der Waals surface area (Å²) >= 11 is 0. The maximum absolute atomic E-state index is 14.5. The van der Waals surface area contributed by atoms with Gasteiger partial charge in [-0.3, -0.25) is 19.4 Å². The number of carbonyl (C=O) groups is 2. The summed E-state index contributed by atoms with van der Waals surface area (Å²) in [4.78, 5) is 35.2. The summed E-state index contributed by atoms with van der Waals surface area (Å²) in [5.74, 6) is 0.215. The second-order valence-corrected chi connectivity index (χ2v) is 11.9. The molecular formula is C34H31F3N10O2. The molecule has 4 heterocycles. The van der Waals surface area contributed by atoms with E-state index in [1.54, 1.807) is 46.8 Å². The number of piperazine rings is 1. The molecule has 0 unspecified atom stereocenters. The lowest BCUT2D eigenvalue weighted by molar-refractivity contribution is -0.138. The summed E-state index contributed by atoms with van der Waals surface area (Å²) in [7, 11) is 1.77. The number of carbonyl (C=O) groups excluding carboxylic acids is 2. The van der Waals surface area contributed by atoms with Crippen LogP contribution in [0.15, 0.2) is 48.8 Å². The van der Waals surface area contributed by atoms with Gasteiger partial charge in [0.25, 0.3) is 5.91 Å². The van der Waals surface area contributed by atoms with Gasteiger partial charge in [0.2, 0.25) is 5.91 Å². The summed E-state index contributed by atoms with van der Waals surface area (Å²) in [5.41, 5.74) is 1.34. The number of alkyl halides is 3. The number of hydrogen-bond donors (Lipinski definition) is 1. The van der Waals surface area contributed by atoms with E-state index in [2.05, 4.69) is 26.6 Å². The highest BCUT2D eigenvalue weighted by atomic mass is 19.4. The molecule has 2 aliphatic rings. The van der Waals surface area contributed by atoms with Crippen molar-refractivity contribution in [3.8, 4) is 34.7 Å². The fraction of sp³-hybridized carbons (Fsp3) is 0.324. The minimum absolute atomic E-state index is 0.0500. The molecule has 1 saturated heterocycles. The Morgan fingerprint density at radius 3 is 2.45 bits per heavy atom. The molecule has 250 valence electrons. The number of anilines is 2. The molecular weight excluding hydrogens is 637 g/mol. The number of rotatable bonds is 8. The van der Waals surface area contributed by atoms with Gasteiger partial charge in [-0.1, -0.05) is 0 Å². The molecule has 49 heavy (non-hydrogen) atoms. The Labute approximate surface area is 280 Å². The smallest absolute Gasteiger partial charge is 0.369 e. The monoisotopic (exact) mass is 668 g/mol. The molecule has 4 aromatic rings. The molecule has 15 heteroatoms. The van der Waals surface area contributed by atoms with Crippen LogP contribution in [-0.4, -0.2) is 74.1 Å². The van der Waals surface area contributed by atoms with Gasteiger partial charge in [0.1, 0.15) is 18.0 Å². The van der Waals surface area contributed by atoms with Crippen LogP contribution in [0.3, 0.4) is 0 Å². The van der Waals surface area contributed by atoms with Gasteiger partial charge in [-0.25, -0.2) is 4.98 Å². The maximum atomic E-state index is 14.5. The van der Waals surface area contributed by atoms with Gasteiger partial charge >= 0.3 is 6.18 Å². The highest BCUT2D eigenvalue weighted by Gasteiger charge is 2.41. The number of aryl methyl sites for hydroxylation is 1. The van der Waals surface area contributed by atoms with Crippen LogP contribution in [0, 0.1) is 22.7 Å². The molecule has 12 nitrogen and oxygen atoms in total. The predicted molar refractivity (Wildman–Crippen MR) is 173 cm³/mol. The number of nitrogens with zero attached hydrogens (tertiary/aromatic N) is 9. The Kier molecular flexibility index (Phi) is 9.03. The third-order valence-electron chi connectivity index (χ3n) is 8.67. The standard InChI is InChI=1S/C34H31F3N10O2/c1-21(48)46-10-8-45(9-11-46)18-23-13-27-28(29(14-23)34(35,36)37)19-47(33(27)49)31-16-24(15-30(42-31)40-7-3-6-38)26-12-22(17-39)4-5-25(26)32-43-41-20-44(32)2/h4-5,12-16,20H,3,7-11,18-19H2,1-2H3,(H,40,42). The van der Waals surface area contributed by atoms with Crippen LogP contribution in [0.4, 0.5) is 24.8 Å². The molecule has 2 amide bonds. The predicted octanol–water partition coefficient (Wildman–Crippen LogP) is 4.58. The number of benzene rings is 2. The molecule has 0 spiro atoms. The number of fused-ring (bicyclic) bond motifs is 1. The second-order valence-electron chi connectivity index (χ2n) is 11.9. The van der Waals surface area contributed by atoms with Gasteiger partial charge in [0.05, 0.1) is 36.2 Å². The Morgan fingerprint density at radius 2 is 1.80 bits per heavy atom. The van der Waals surface area contributed by atoms with Gasteiger partial charge in [0, 0.05) is 64.4 Å². The van der Waals surface area contributed by atoms with E-state index in [4.69, 9.17) is 5.26 Å². The van der Waals surface area contributed by atoms with Crippen molar-refractivity contribution in [3.05, 3.63) is 76.6 Å². The third kappa shape index (κ3) is 6.79. The topological polar surface area (TPSA) is 147 Å². The molecule has 6 rings (SSSR count). The van der Waals surface area contributed by atoms with E-state index in [1.165, 1.54) is 24.2 Å². The summed E-state index contributed by atoms with van der Waals surface area (Å²) in [6, 6.07) is 15.1. The lowest BCUT2D eigenvalue weighted by atomic mass is 9.97. The molecule has 0 saturated carbocycles. The van der Waals surface area contributed by atoms with Gasteiger partial charge in [-0.05, 0) is 64.7 Å². The number of nitrogens with one attached hydrogen (secondary N) is 1. The van der Waals surface area contributed by atoms with Gasteiger partial charge < -0.3 is 14.8 Å². The highest BCUT2D eigenvalue weighted by Crippen LogP contribution is 2.41. The SMILES string of the molecule is CC(=O)N1CCN(Cc2cc3c(c(C(F)(F)F)c2)CN(c2cc(-c4cc(C#N)ccc4-c4nncn4C)cc(NCCC#N)n2)C3=O)CC1. The van der Waals surface area contributed by atoms with Gasteiger partial charge in [-0.2, -0.15) is 23.7 Å². The molecule has 0 radical (unpaired) electrons. The minimum Gasteiger partial charge on any atom is -0.369 e. The molecule has 0 aliphatic carbocycles. The van der Waals surface area contributed by atoms with Crippen LogP contribution in [-0.2, 0) is 31.1 Å². The fourth-order valence-electron chi connectivity index (χ4n) is 6.20. The van der Waals surface area contributed by atoms with Crippen molar-refractivity contribution in [2.75, 3.05) is 42.9 Å². The van der Waals surface area contributed by atoms with Crippen molar-refractivity contribution in [2.24, 2.45) is 7.05 Å². The van der Waals surface area contributed by atoms with Crippen molar-refractivity contribution in [1.82, 2.24) is 29.5 Å². The maximum Gasteiger partial charge on any atom is 0.416 e. The van der Waals surface area contributed by atoms with Crippen molar-refractivity contribution in [2.45, 2.75) is 32.6 Å². The van der Waals surface area contributed by atoms with Crippen molar-refractivity contribution >= 4 is 23.5 Å². The number of amides is 2. The fourth-order valence-corrected chi connectivity index (χ4v) is 6.20. The number of nitriles is 2. The Hall–Kier alpha value is -5.80. The van der Waals surface area contributed by atoms with Crippen LogP contribution in [0.5, 0.6) is 0 Å². The van der Waals surface area contributed by atoms with E-state index >= 15 is 0 Å². The zero-order valence-electron chi connectivity index (χ0n) is 26.8. The van der Waals surface area contributed by atoms with Crippen molar-refractivity contribution in [3.63, 3.8) is 0 Å². The first-order valence-corrected chi connectivity index (χ1v) is 15.5. The summed E-state index contributed by atoms with van der Waals surface area (Å²) in [5, 5.41) is 30.0. The zero-order chi connectivity index (χ0) is 34.9. The molecule has 1 fully saturated rings. The van der Waals surface area contributed by atoms with E-state index in [9.17, 15) is 28.0 Å². The van der Waals surface area contributed by atoms with Crippen LogP contribution in [0.25, 0.3) is 22.5 Å². The van der Waals surface area contributed by atoms with Crippen LogP contribution in [0.2, 0.25) is 0 Å². The molecule has 0 bridgehead atoms. The largest absolute Gasteiger partial charge is 0.416 e. The van der Waals surface area contributed by atoms with E-state index in [1.807, 2.05) is 11.0 Å². The first-order chi connectivity index (χ1) is 23.5. The molecule has 2 aliphatic heterocycles. The van der Waals surface area contributed by atoms with Crippen molar-refractivity contribution < 1.29 is 22.8 Å². The highest BCUT2D eigenvalue weighted by molar-refractivity contribution is 6.10. The number of pyridine rings is 1. The second kappa shape index (κ2) is 13.4. The lowest BCUT2D eigenvalue weighted by Gasteiger charge is -2.34. The van der Waals surface area contributed by atoms with E-state index in [0.717, 1.165) is 6.07 Å². The number of aromatic nitrogens is 4. The Balaban J connectivity index is 1.40.